The van der Waals surface area contributed by atoms with E-state index in [9.17, 15) is 0 Å². The molecule has 0 bridgehead atoms. The molecule has 0 spiro atoms. The van der Waals surface area contributed by atoms with E-state index in [1.807, 2.05) is 48.5 Å². The van der Waals surface area contributed by atoms with Crippen LogP contribution in [-0.4, -0.2) is 20.2 Å². The van der Waals surface area contributed by atoms with Crippen LogP contribution in [-0.2, 0) is 6.42 Å². The molecular formula is C19H18N4O. The quantitative estimate of drug-likeness (QED) is 0.560. The minimum absolute atomic E-state index is 0.784. The van der Waals surface area contributed by atoms with Gasteiger partial charge in [0.2, 0.25) is 0 Å². The molecule has 0 aliphatic rings. The second kappa shape index (κ2) is 6.20. The van der Waals surface area contributed by atoms with Crippen molar-refractivity contribution in [1.82, 2.24) is 20.2 Å². The molecule has 0 radical (unpaired) electrons. The minimum Gasteiger partial charge on any atom is -0.457 e. The van der Waals surface area contributed by atoms with Gasteiger partial charge in [0.1, 0.15) is 17.3 Å². The third kappa shape index (κ3) is 2.88. The first-order chi connectivity index (χ1) is 11.8. The minimum atomic E-state index is 0.784. The van der Waals surface area contributed by atoms with Gasteiger partial charge in [0.25, 0.3) is 0 Å². The van der Waals surface area contributed by atoms with E-state index < -0.39 is 0 Å². The first kappa shape index (κ1) is 14.5. The lowest BCUT2D eigenvalue weighted by atomic mass is 10.1. The first-order valence-corrected chi connectivity index (χ1v) is 8.08. The number of ether oxygens (including phenoxy) is 1. The van der Waals surface area contributed by atoms with Crippen LogP contribution in [0.5, 0.6) is 11.5 Å². The summed E-state index contributed by atoms with van der Waals surface area (Å²) < 4.78 is 5.95. The maximum atomic E-state index is 5.95. The molecule has 0 unspecified atom stereocenters. The predicted molar refractivity (Wildman–Crippen MR) is 94.2 cm³/mol. The summed E-state index contributed by atoms with van der Waals surface area (Å²) >= 11 is 0. The van der Waals surface area contributed by atoms with Crippen molar-refractivity contribution < 1.29 is 4.74 Å². The summed E-state index contributed by atoms with van der Waals surface area (Å²) in [6, 6.07) is 15.8. The summed E-state index contributed by atoms with van der Waals surface area (Å²) in [5, 5.41) is 6.92. The zero-order chi connectivity index (χ0) is 16.4. The molecule has 24 heavy (non-hydrogen) atoms. The molecule has 0 atom stereocenters. The van der Waals surface area contributed by atoms with E-state index in [4.69, 9.17) is 4.74 Å². The smallest absolute Gasteiger partial charge is 0.129 e. The third-order valence-corrected chi connectivity index (χ3v) is 3.89. The van der Waals surface area contributed by atoms with Crippen molar-refractivity contribution in [3.63, 3.8) is 0 Å². The van der Waals surface area contributed by atoms with Crippen molar-refractivity contribution in [1.29, 1.82) is 0 Å². The number of fused-ring (bicyclic) bond motifs is 1. The van der Waals surface area contributed by atoms with Crippen LogP contribution in [0.3, 0.4) is 0 Å². The van der Waals surface area contributed by atoms with Gasteiger partial charge in [-0.2, -0.15) is 5.10 Å². The molecular weight excluding hydrogens is 300 g/mol. The second-order valence-corrected chi connectivity index (χ2v) is 5.71. The standard InChI is InChI=1S/C19H18N4O/c1-2-3-19-21-17-9-8-15(12-18(17)22-19)24-14-6-4-13(5-7-14)16-10-11-20-23-16/h4-12H,2-3H2,1H3,(H,20,23)(H,21,22). The zero-order valence-electron chi connectivity index (χ0n) is 13.4. The highest BCUT2D eigenvalue weighted by molar-refractivity contribution is 5.77. The van der Waals surface area contributed by atoms with Gasteiger partial charge in [-0.15, -0.1) is 0 Å². The Kier molecular flexibility index (Phi) is 3.75. The number of imidazole rings is 1. The van der Waals surface area contributed by atoms with Crippen molar-refractivity contribution in [2.45, 2.75) is 19.8 Å². The summed E-state index contributed by atoms with van der Waals surface area (Å²) in [6.45, 7) is 2.15. The summed E-state index contributed by atoms with van der Waals surface area (Å²) in [5.41, 5.74) is 4.04. The molecule has 0 aliphatic carbocycles. The molecule has 0 aliphatic heterocycles. The van der Waals surface area contributed by atoms with Crippen LogP contribution >= 0.6 is 0 Å². The number of nitrogens with zero attached hydrogens (tertiary/aromatic N) is 2. The Hall–Kier alpha value is -3.08. The highest BCUT2D eigenvalue weighted by Crippen LogP contribution is 2.27. The van der Waals surface area contributed by atoms with Crippen molar-refractivity contribution >= 4 is 11.0 Å². The van der Waals surface area contributed by atoms with Gasteiger partial charge in [-0.05, 0) is 54.4 Å². The Morgan fingerprint density at radius 3 is 2.58 bits per heavy atom. The Morgan fingerprint density at radius 1 is 1.00 bits per heavy atom. The lowest BCUT2D eigenvalue weighted by Crippen LogP contribution is -1.85. The lowest BCUT2D eigenvalue weighted by Gasteiger charge is -2.06. The Morgan fingerprint density at radius 2 is 1.83 bits per heavy atom. The van der Waals surface area contributed by atoms with E-state index in [1.165, 1.54) is 0 Å². The van der Waals surface area contributed by atoms with E-state index in [2.05, 4.69) is 27.1 Å². The predicted octanol–water partition coefficient (Wildman–Crippen LogP) is 4.70. The molecule has 2 aromatic heterocycles. The van der Waals surface area contributed by atoms with Gasteiger partial charge in [-0.1, -0.05) is 6.92 Å². The SMILES string of the molecule is CCCc1nc2cc(Oc3ccc(-c4ccn[nH]4)cc3)ccc2[nH]1. The molecule has 4 rings (SSSR count). The molecule has 4 aromatic rings. The van der Waals surface area contributed by atoms with Crippen LogP contribution in [0.2, 0.25) is 0 Å². The van der Waals surface area contributed by atoms with Gasteiger partial charge in [0.05, 0.1) is 16.7 Å². The Balaban J connectivity index is 1.55. The molecule has 120 valence electrons. The van der Waals surface area contributed by atoms with E-state index in [1.54, 1.807) is 6.20 Å². The van der Waals surface area contributed by atoms with E-state index in [0.717, 1.165) is 52.5 Å². The van der Waals surface area contributed by atoms with Gasteiger partial charge in [0.15, 0.2) is 0 Å². The summed E-state index contributed by atoms with van der Waals surface area (Å²) in [6.07, 6.45) is 3.78. The normalized spacial score (nSPS) is 11.0. The fourth-order valence-electron chi connectivity index (χ4n) is 2.71. The Labute approximate surface area is 139 Å². The maximum absolute atomic E-state index is 5.95. The Bertz CT molecular complexity index is 939. The van der Waals surface area contributed by atoms with Crippen molar-refractivity contribution in [2.75, 3.05) is 0 Å². The zero-order valence-corrected chi connectivity index (χ0v) is 13.4. The van der Waals surface area contributed by atoms with Gasteiger partial charge in [0, 0.05) is 18.7 Å². The summed E-state index contributed by atoms with van der Waals surface area (Å²) in [4.78, 5) is 7.94. The molecule has 2 aromatic carbocycles. The van der Waals surface area contributed by atoms with E-state index >= 15 is 0 Å². The van der Waals surface area contributed by atoms with Gasteiger partial charge < -0.3 is 9.72 Å². The molecule has 5 heteroatoms. The summed E-state index contributed by atoms with van der Waals surface area (Å²) in [7, 11) is 0. The molecule has 2 heterocycles. The van der Waals surface area contributed by atoms with Crippen LogP contribution in [0.1, 0.15) is 19.2 Å². The van der Waals surface area contributed by atoms with Gasteiger partial charge in [-0.25, -0.2) is 4.98 Å². The van der Waals surface area contributed by atoms with Crippen molar-refractivity contribution in [2.24, 2.45) is 0 Å². The lowest BCUT2D eigenvalue weighted by molar-refractivity contribution is 0.483. The van der Waals surface area contributed by atoms with Crippen molar-refractivity contribution in [3.8, 4) is 22.8 Å². The fraction of sp³-hybridized carbons (Fsp3) is 0.158. The van der Waals surface area contributed by atoms with Crippen LogP contribution < -0.4 is 4.74 Å². The molecule has 2 N–H and O–H groups in total. The number of aromatic amines is 2. The second-order valence-electron chi connectivity index (χ2n) is 5.71. The van der Waals surface area contributed by atoms with E-state index in [0.29, 0.717) is 0 Å². The number of hydrogen-bond donors (Lipinski definition) is 2. The number of H-pyrrole nitrogens is 2. The van der Waals surface area contributed by atoms with E-state index in [-0.39, 0.29) is 0 Å². The number of nitrogens with one attached hydrogen (secondary N) is 2. The van der Waals surface area contributed by atoms with Crippen LogP contribution in [0, 0.1) is 0 Å². The highest BCUT2D eigenvalue weighted by Gasteiger charge is 2.05. The highest BCUT2D eigenvalue weighted by atomic mass is 16.5. The van der Waals surface area contributed by atoms with Gasteiger partial charge in [-0.3, -0.25) is 5.10 Å². The molecule has 0 saturated heterocycles. The molecule has 0 saturated carbocycles. The average Bonchev–Trinajstić information content (AvgIpc) is 3.25. The van der Waals surface area contributed by atoms with Crippen LogP contribution in [0.25, 0.3) is 22.3 Å². The topological polar surface area (TPSA) is 66.6 Å². The molecule has 5 nitrogen and oxygen atoms in total. The van der Waals surface area contributed by atoms with Crippen LogP contribution in [0.4, 0.5) is 0 Å². The summed E-state index contributed by atoms with van der Waals surface area (Å²) in [5.74, 6) is 2.60. The number of aryl methyl sites for hydroxylation is 1. The molecule has 0 amide bonds. The maximum Gasteiger partial charge on any atom is 0.129 e. The number of benzene rings is 2. The number of aromatic nitrogens is 4. The first-order valence-electron chi connectivity index (χ1n) is 8.08. The number of rotatable bonds is 5. The monoisotopic (exact) mass is 318 g/mol. The van der Waals surface area contributed by atoms with Crippen LogP contribution in [0.15, 0.2) is 54.7 Å². The molecule has 0 fully saturated rings. The average molecular weight is 318 g/mol. The number of hydrogen-bond acceptors (Lipinski definition) is 3. The van der Waals surface area contributed by atoms with Crippen molar-refractivity contribution in [3.05, 3.63) is 60.6 Å². The largest absolute Gasteiger partial charge is 0.457 e. The third-order valence-electron chi connectivity index (χ3n) is 3.89. The fourth-order valence-corrected chi connectivity index (χ4v) is 2.71. The van der Waals surface area contributed by atoms with Gasteiger partial charge >= 0.3 is 0 Å².